The van der Waals surface area contributed by atoms with Crippen molar-refractivity contribution in [2.75, 3.05) is 33.5 Å². The molecule has 4 nitrogen and oxygen atoms in total. The van der Waals surface area contributed by atoms with Gasteiger partial charge in [-0.3, -0.25) is 4.90 Å². The molecule has 0 heterocycles. The molecule has 1 unspecified atom stereocenters. The third-order valence-electron chi connectivity index (χ3n) is 3.72. The van der Waals surface area contributed by atoms with Crippen LogP contribution in [0.25, 0.3) is 0 Å². The van der Waals surface area contributed by atoms with Crippen LogP contribution in [-0.4, -0.2) is 54.8 Å². The third-order valence-corrected chi connectivity index (χ3v) is 3.72. The first-order valence-electron chi connectivity index (χ1n) is 8.76. The van der Waals surface area contributed by atoms with Crippen LogP contribution in [0.4, 0.5) is 0 Å². The number of rotatable bonds is 16. The van der Waals surface area contributed by atoms with Crippen LogP contribution in [0.1, 0.15) is 71.1 Å². The number of aliphatic hydroxyl groups excluding tert-OH is 2. The van der Waals surface area contributed by atoms with Crippen LogP contribution in [0, 0.1) is 0 Å². The van der Waals surface area contributed by atoms with Crippen molar-refractivity contribution < 1.29 is 14.9 Å². The van der Waals surface area contributed by atoms with Gasteiger partial charge >= 0.3 is 0 Å². The Kier molecular flexibility index (Phi) is 16.1. The monoisotopic (exact) mass is 303 g/mol. The maximum absolute atomic E-state index is 9.63. The molecular weight excluding hydrogens is 266 g/mol. The number of aliphatic hydroxyl groups is 2. The van der Waals surface area contributed by atoms with Gasteiger partial charge in [0.2, 0.25) is 0 Å². The average molecular weight is 303 g/mol. The third kappa shape index (κ3) is 16.0. The lowest BCUT2D eigenvalue weighted by Crippen LogP contribution is -2.32. The molecule has 0 fully saturated rings. The van der Waals surface area contributed by atoms with Gasteiger partial charge in [-0.1, -0.05) is 64.7 Å². The molecule has 1 atom stereocenters. The summed E-state index contributed by atoms with van der Waals surface area (Å²) in [6.45, 7) is 3.77. The highest BCUT2D eigenvalue weighted by Gasteiger charge is 2.06. The molecule has 0 spiro atoms. The minimum atomic E-state index is -0.509. The standard InChI is InChI=1S/C17H37NO3/c1-3-4-5-6-7-8-9-10-11-12-13-21-15-17(20)14-18(2)16-19/h17,19-20H,3-16H2,1-2H3. The Morgan fingerprint density at radius 3 is 1.95 bits per heavy atom. The fourth-order valence-corrected chi connectivity index (χ4v) is 2.38. The predicted octanol–water partition coefficient (Wildman–Crippen LogP) is 3.17. The summed E-state index contributed by atoms with van der Waals surface area (Å²) in [6.07, 6.45) is 12.7. The summed E-state index contributed by atoms with van der Waals surface area (Å²) < 4.78 is 5.45. The highest BCUT2D eigenvalue weighted by atomic mass is 16.5. The highest BCUT2D eigenvalue weighted by molar-refractivity contribution is 4.57. The number of hydrogen-bond acceptors (Lipinski definition) is 4. The van der Waals surface area contributed by atoms with Crippen molar-refractivity contribution in [3.05, 3.63) is 0 Å². The maximum atomic E-state index is 9.63. The molecule has 21 heavy (non-hydrogen) atoms. The number of unbranched alkanes of at least 4 members (excludes halogenated alkanes) is 9. The van der Waals surface area contributed by atoms with E-state index in [9.17, 15) is 5.11 Å². The molecule has 2 N–H and O–H groups in total. The Morgan fingerprint density at radius 1 is 0.905 bits per heavy atom. The van der Waals surface area contributed by atoms with Gasteiger partial charge in [0.15, 0.2) is 0 Å². The van der Waals surface area contributed by atoms with E-state index in [4.69, 9.17) is 9.84 Å². The smallest absolute Gasteiger partial charge is 0.0954 e. The van der Waals surface area contributed by atoms with Gasteiger partial charge in [0.25, 0.3) is 0 Å². The predicted molar refractivity (Wildman–Crippen MR) is 88.4 cm³/mol. The highest BCUT2D eigenvalue weighted by Crippen LogP contribution is 2.10. The van der Waals surface area contributed by atoms with Crippen LogP contribution in [0.5, 0.6) is 0 Å². The first kappa shape index (κ1) is 20.8. The van der Waals surface area contributed by atoms with Crippen LogP contribution < -0.4 is 0 Å². The number of likely N-dealkylation sites (N-methyl/N-ethyl adjacent to an activating group) is 1. The summed E-state index contributed by atoms with van der Waals surface area (Å²) in [5.74, 6) is 0. The van der Waals surface area contributed by atoms with Crippen LogP contribution in [0.3, 0.4) is 0 Å². The first-order chi connectivity index (χ1) is 10.2. The summed E-state index contributed by atoms with van der Waals surface area (Å²) >= 11 is 0. The molecule has 0 aliphatic heterocycles. The van der Waals surface area contributed by atoms with E-state index >= 15 is 0 Å². The van der Waals surface area contributed by atoms with Gasteiger partial charge in [0.1, 0.15) is 0 Å². The zero-order valence-corrected chi connectivity index (χ0v) is 14.2. The van der Waals surface area contributed by atoms with Gasteiger partial charge in [-0.25, -0.2) is 0 Å². The molecule has 0 saturated heterocycles. The Bertz CT molecular complexity index is 202. The van der Waals surface area contributed by atoms with Gasteiger partial charge in [0.05, 0.1) is 19.4 Å². The minimum Gasteiger partial charge on any atom is -0.389 e. The van der Waals surface area contributed by atoms with Gasteiger partial charge < -0.3 is 14.9 Å². The van der Waals surface area contributed by atoms with Crippen LogP contribution in [0.15, 0.2) is 0 Å². The van der Waals surface area contributed by atoms with Crippen molar-refractivity contribution >= 4 is 0 Å². The Hall–Kier alpha value is -0.160. The van der Waals surface area contributed by atoms with E-state index < -0.39 is 6.10 Å². The second-order valence-electron chi connectivity index (χ2n) is 6.09. The number of ether oxygens (including phenoxy) is 1. The summed E-state index contributed by atoms with van der Waals surface area (Å²) in [6, 6.07) is 0. The van der Waals surface area contributed by atoms with Crippen LogP contribution in [-0.2, 0) is 4.74 Å². The van der Waals surface area contributed by atoms with E-state index in [0.717, 1.165) is 13.0 Å². The van der Waals surface area contributed by atoms with Crippen LogP contribution >= 0.6 is 0 Å². The average Bonchev–Trinajstić information content (AvgIpc) is 2.48. The van der Waals surface area contributed by atoms with E-state index in [0.29, 0.717) is 13.2 Å². The Balaban J connectivity index is 3.12. The lowest BCUT2D eigenvalue weighted by molar-refractivity contribution is 0.00507. The quantitative estimate of drug-likeness (QED) is 0.340. The van der Waals surface area contributed by atoms with Gasteiger partial charge in [-0.2, -0.15) is 0 Å². The second-order valence-corrected chi connectivity index (χ2v) is 6.09. The largest absolute Gasteiger partial charge is 0.389 e. The van der Waals surface area contributed by atoms with Gasteiger partial charge in [-0.15, -0.1) is 0 Å². The Labute approximate surface area is 131 Å². The second kappa shape index (κ2) is 16.2. The Morgan fingerprint density at radius 2 is 1.43 bits per heavy atom. The van der Waals surface area contributed by atoms with Gasteiger partial charge in [0, 0.05) is 13.2 Å². The lowest BCUT2D eigenvalue weighted by Gasteiger charge is -2.17. The summed E-state index contributed by atoms with van der Waals surface area (Å²) in [7, 11) is 1.77. The molecule has 0 aliphatic rings. The first-order valence-corrected chi connectivity index (χ1v) is 8.76. The summed E-state index contributed by atoms with van der Waals surface area (Å²) in [5, 5.41) is 18.5. The molecule has 4 heteroatoms. The zero-order valence-electron chi connectivity index (χ0n) is 14.2. The van der Waals surface area contributed by atoms with E-state index in [1.807, 2.05) is 0 Å². The fraction of sp³-hybridized carbons (Fsp3) is 1.00. The molecule has 0 aliphatic carbocycles. The molecule has 0 amide bonds. The van der Waals surface area contributed by atoms with Crippen molar-refractivity contribution in [2.45, 2.75) is 77.2 Å². The minimum absolute atomic E-state index is 0.0322. The van der Waals surface area contributed by atoms with Crippen molar-refractivity contribution in [2.24, 2.45) is 0 Å². The summed E-state index contributed by atoms with van der Waals surface area (Å²) in [5.41, 5.74) is 0. The molecule has 0 bridgehead atoms. The topological polar surface area (TPSA) is 52.9 Å². The molecule has 0 rings (SSSR count). The van der Waals surface area contributed by atoms with Gasteiger partial charge in [-0.05, 0) is 13.5 Å². The summed E-state index contributed by atoms with van der Waals surface area (Å²) in [4.78, 5) is 1.66. The van der Waals surface area contributed by atoms with E-state index in [1.54, 1.807) is 11.9 Å². The van der Waals surface area contributed by atoms with Crippen molar-refractivity contribution in [1.29, 1.82) is 0 Å². The lowest BCUT2D eigenvalue weighted by atomic mass is 10.1. The number of hydrogen-bond donors (Lipinski definition) is 2. The molecule has 0 radical (unpaired) electrons. The van der Waals surface area contributed by atoms with Crippen LogP contribution in [0.2, 0.25) is 0 Å². The molecule has 0 aromatic carbocycles. The van der Waals surface area contributed by atoms with Crippen molar-refractivity contribution in [3.63, 3.8) is 0 Å². The molecule has 0 aromatic rings. The normalized spacial score (nSPS) is 13.0. The van der Waals surface area contributed by atoms with E-state index in [2.05, 4.69) is 6.92 Å². The van der Waals surface area contributed by atoms with Crippen molar-refractivity contribution in [3.8, 4) is 0 Å². The fourth-order valence-electron chi connectivity index (χ4n) is 2.38. The molecule has 0 aromatic heterocycles. The number of nitrogens with zero attached hydrogens (tertiary/aromatic N) is 1. The van der Waals surface area contributed by atoms with E-state index in [-0.39, 0.29) is 6.73 Å². The molecule has 128 valence electrons. The van der Waals surface area contributed by atoms with E-state index in [1.165, 1.54) is 57.8 Å². The zero-order chi connectivity index (χ0) is 15.8. The molecule has 0 saturated carbocycles. The SMILES string of the molecule is CCCCCCCCCCCCOCC(O)CN(C)CO. The van der Waals surface area contributed by atoms with Crippen molar-refractivity contribution in [1.82, 2.24) is 4.90 Å². The molecular formula is C17H37NO3. The maximum Gasteiger partial charge on any atom is 0.0954 e.